The maximum absolute atomic E-state index is 10.0. The van der Waals surface area contributed by atoms with Crippen molar-refractivity contribution in [2.75, 3.05) is 31.7 Å². The molecule has 1 saturated heterocycles. The Bertz CT molecular complexity index is 692. The second-order valence-electron chi connectivity index (χ2n) is 7.74. The fraction of sp³-hybridized carbons (Fsp3) is 0.500. The number of rotatable bonds is 4. The van der Waals surface area contributed by atoms with E-state index in [1.54, 1.807) is 6.08 Å². The van der Waals surface area contributed by atoms with E-state index in [1.165, 1.54) is 0 Å². The van der Waals surface area contributed by atoms with Gasteiger partial charge in [0.25, 0.3) is 0 Å². The number of nitrogens with one attached hydrogen (secondary N) is 1. The lowest BCUT2D eigenvalue weighted by molar-refractivity contribution is -0.147. The lowest BCUT2D eigenvalue weighted by Gasteiger charge is -2.45. The Morgan fingerprint density at radius 1 is 1.28 bits per heavy atom. The molecule has 1 aromatic rings. The van der Waals surface area contributed by atoms with E-state index in [4.69, 9.17) is 21.1 Å². The molecular weight excluding hydrogens is 338 g/mol. The molecule has 2 unspecified atom stereocenters. The summed E-state index contributed by atoms with van der Waals surface area (Å²) in [4.78, 5) is 0. The van der Waals surface area contributed by atoms with Crippen LogP contribution < -0.4 is 5.32 Å². The molecule has 1 fully saturated rings. The molecule has 0 radical (unpaired) electrons. The van der Waals surface area contributed by atoms with Gasteiger partial charge in [-0.15, -0.1) is 0 Å². The zero-order valence-electron chi connectivity index (χ0n) is 15.0. The molecule has 1 aromatic carbocycles. The summed E-state index contributed by atoms with van der Waals surface area (Å²) in [6, 6.07) is 8.05. The van der Waals surface area contributed by atoms with Crippen LogP contribution in [0.5, 0.6) is 0 Å². The van der Waals surface area contributed by atoms with Gasteiger partial charge in [-0.1, -0.05) is 56.6 Å². The first kappa shape index (κ1) is 18.3. The van der Waals surface area contributed by atoms with Crippen molar-refractivity contribution in [2.45, 2.75) is 26.4 Å². The topological polar surface area (TPSA) is 50.7 Å². The molecular formula is C20H26ClNO3. The predicted molar refractivity (Wildman–Crippen MR) is 101 cm³/mol. The average Bonchev–Trinajstić information content (AvgIpc) is 2.58. The lowest BCUT2D eigenvalue weighted by Crippen LogP contribution is -2.47. The molecule has 2 atom stereocenters. The van der Waals surface area contributed by atoms with Crippen molar-refractivity contribution in [3.05, 3.63) is 52.8 Å². The van der Waals surface area contributed by atoms with E-state index in [1.807, 2.05) is 30.3 Å². The monoisotopic (exact) mass is 363 g/mol. The third-order valence-electron chi connectivity index (χ3n) is 4.52. The number of anilines is 1. The summed E-state index contributed by atoms with van der Waals surface area (Å²) < 4.78 is 12.2. The van der Waals surface area contributed by atoms with Crippen molar-refractivity contribution in [1.82, 2.24) is 0 Å². The normalized spacial score (nSPS) is 26.2. The highest BCUT2D eigenvalue weighted by Gasteiger charge is 2.50. The molecule has 2 aliphatic rings. The molecule has 1 aliphatic heterocycles. The molecule has 2 N–H and O–H groups in total. The molecule has 0 spiro atoms. The maximum atomic E-state index is 10.0. The van der Waals surface area contributed by atoms with Crippen molar-refractivity contribution >= 4 is 17.3 Å². The maximum Gasteiger partial charge on any atom is 0.160 e. The Kier molecular flexibility index (Phi) is 5.14. The van der Waals surface area contributed by atoms with Crippen LogP contribution in [0.4, 0.5) is 5.69 Å². The molecule has 0 amide bonds. The van der Waals surface area contributed by atoms with E-state index >= 15 is 0 Å². The van der Waals surface area contributed by atoms with Gasteiger partial charge >= 0.3 is 0 Å². The number of hydrogen-bond donors (Lipinski definition) is 2. The summed E-state index contributed by atoms with van der Waals surface area (Å²) in [7, 11) is 0. The molecule has 4 nitrogen and oxygen atoms in total. The lowest BCUT2D eigenvalue weighted by atomic mass is 9.75. The molecule has 0 saturated carbocycles. The Morgan fingerprint density at radius 3 is 2.76 bits per heavy atom. The predicted octanol–water partition coefficient (Wildman–Crippen LogP) is 4.02. The zero-order chi connectivity index (χ0) is 18.1. The molecule has 0 aromatic heterocycles. The summed E-state index contributed by atoms with van der Waals surface area (Å²) in [5, 5.41) is 14.1. The number of aliphatic hydroxyl groups is 1. The Labute approximate surface area is 154 Å². The second-order valence-corrected chi connectivity index (χ2v) is 8.18. The van der Waals surface area contributed by atoms with Crippen LogP contribution in [-0.4, -0.2) is 31.5 Å². The standard InChI is InChI=1S/C20H26ClNO3/c1-19(2,3)13-22-17-7-5-4-6-16(17)20-14(12-23)10-15(21)11-18(20)24-8-9-25-20/h4-7,10-11,14,22-23H,8-9,12-13H2,1-3H3. The number of fused-ring (bicyclic) bond motifs is 1. The minimum absolute atomic E-state index is 0.0788. The van der Waals surface area contributed by atoms with Gasteiger partial charge in [0.2, 0.25) is 0 Å². The third-order valence-corrected chi connectivity index (χ3v) is 4.76. The van der Waals surface area contributed by atoms with E-state index < -0.39 is 5.60 Å². The number of hydrogen-bond acceptors (Lipinski definition) is 4. The second kappa shape index (κ2) is 7.02. The molecule has 25 heavy (non-hydrogen) atoms. The van der Waals surface area contributed by atoms with Crippen LogP contribution in [0.3, 0.4) is 0 Å². The van der Waals surface area contributed by atoms with Gasteiger partial charge in [-0.25, -0.2) is 0 Å². The van der Waals surface area contributed by atoms with E-state index in [0.717, 1.165) is 17.8 Å². The van der Waals surface area contributed by atoms with Crippen molar-refractivity contribution < 1.29 is 14.6 Å². The molecule has 1 aliphatic carbocycles. The molecule has 5 heteroatoms. The van der Waals surface area contributed by atoms with Gasteiger partial charge in [0.05, 0.1) is 13.2 Å². The third kappa shape index (κ3) is 3.57. The van der Waals surface area contributed by atoms with Gasteiger partial charge < -0.3 is 19.9 Å². The molecule has 0 bridgehead atoms. The van der Waals surface area contributed by atoms with Crippen molar-refractivity contribution in [3.8, 4) is 0 Å². The number of aliphatic hydroxyl groups excluding tert-OH is 1. The Morgan fingerprint density at radius 2 is 2.04 bits per heavy atom. The number of ether oxygens (including phenoxy) is 2. The number of para-hydroxylation sites is 1. The van der Waals surface area contributed by atoms with E-state index in [0.29, 0.717) is 24.0 Å². The fourth-order valence-electron chi connectivity index (χ4n) is 3.37. The summed E-state index contributed by atoms with van der Waals surface area (Å²) in [6.07, 6.45) is 3.65. The number of allylic oxidation sites excluding steroid dienone is 2. The van der Waals surface area contributed by atoms with Crippen LogP contribution >= 0.6 is 11.6 Å². The van der Waals surface area contributed by atoms with Crippen molar-refractivity contribution in [1.29, 1.82) is 0 Å². The van der Waals surface area contributed by atoms with Crippen LogP contribution in [0.15, 0.2) is 47.2 Å². The fourth-order valence-corrected chi connectivity index (χ4v) is 3.62. The molecule has 136 valence electrons. The molecule has 3 rings (SSSR count). The highest BCUT2D eigenvalue weighted by Crippen LogP contribution is 2.49. The average molecular weight is 364 g/mol. The minimum atomic E-state index is -0.854. The van der Waals surface area contributed by atoms with E-state index in [-0.39, 0.29) is 17.9 Å². The summed E-state index contributed by atoms with van der Waals surface area (Å²) >= 11 is 6.24. The van der Waals surface area contributed by atoms with Crippen LogP contribution in [0.25, 0.3) is 0 Å². The Balaban J connectivity index is 2.07. The van der Waals surface area contributed by atoms with Crippen LogP contribution in [-0.2, 0) is 15.1 Å². The number of benzene rings is 1. The summed E-state index contributed by atoms with van der Waals surface area (Å²) in [5.41, 5.74) is 1.23. The summed E-state index contributed by atoms with van der Waals surface area (Å²) in [6.45, 7) is 8.25. The SMILES string of the molecule is CC(C)(C)CNc1ccccc1C12OCCOC1=CC(Cl)=CC2CO. The minimum Gasteiger partial charge on any atom is -0.492 e. The smallest absolute Gasteiger partial charge is 0.160 e. The first-order valence-electron chi connectivity index (χ1n) is 8.67. The molecule has 1 heterocycles. The first-order valence-corrected chi connectivity index (χ1v) is 9.05. The highest BCUT2D eigenvalue weighted by atomic mass is 35.5. The highest BCUT2D eigenvalue weighted by molar-refractivity contribution is 6.31. The van der Waals surface area contributed by atoms with Crippen molar-refractivity contribution in [2.24, 2.45) is 11.3 Å². The van der Waals surface area contributed by atoms with Gasteiger partial charge in [-0.05, 0) is 17.6 Å². The van der Waals surface area contributed by atoms with Gasteiger partial charge in [-0.2, -0.15) is 0 Å². The number of halogens is 1. The quantitative estimate of drug-likeness (QED) is 0.848. The largest absolute Gasteiger partial charge is 0.492 e. The summed E-state index contributed by atoms with van der Waals surface area (Å²) in [5.74, 6) is 0.355. The van der Waals surface area contributed by atoms with Crippen LogP contribution in [0.1, 0.15) is 26.3 Å². The van der Waals surface area contributed by atoms with Gasteiger partial charge in [-0.3, -0.25) is 0 Å². The van der Waals surface area contributed by atoms with Crippen molar-refractivity contribution in [3.63, 3.8) is 0 Å². The van der Waals surface area contributed by atoms with Gasteiger partial charge in [0.1, 0.15) is 12.4 Å². The zero-order valence-corrected chi connectivity index (χ0v) is 15.8. The van der Waals surface area contributed by atoms with Crippen LogP contribution in [0, 0.1) is 11.3 Å². The van der Waals surface area contributed by atoms with Gasteiger partial charge in [0.15, 0.2) is 5.60 Å². The van der Waals surface area contributed by atoms with Gasteiger partial charge in [0, 0.05) is 28.7 Å². The first-order chi connectivity index (χ1) is 11.9. The Hall–Kier alpha value is -1.49. The van der Waals surface area contributed by atoms with E-state index in [2.05, 4.69) is 26.1 Å². The van der Waals surface area contributed by atoms with E-state index in [9.17, 15) is 5.11 Å². The van der Waals surface area contributed by atoms with Crippen LogP contribution in [0.2, 0.25) is 0 Å².